The fraction of sp³-hybridized carbons (Fsp3) is 0.286. The summed E-state index contributed by atoms with van der Waals surface area (Å²) in [6.45, 7) is -0.289. The number of hydrogen-bond donors (Lipinski definition) is 2. The lowest BCUT2D eigenvalue weighted by Crippen LogP contribution is -1.92. The summed E-state index contributed by atoms with van der Waals surface area (Å²) in [5.41, 5.74) is 0.226. The monoisotopic (exact) mass is 155 g/mol. The maximum absolute atomic E-state index is 9.24. The zero-order valence-electron chi connectivity index (χ0n) is 6.11. The first-order valence-electron chi connectivity index (χ1n) is 3.11. The quantitative estimate of drug-likeness (QED) is 0.644. The molecule has 1 aromatic rings. The molecule has 60 valence electrons. The van der Waals surface area contributed by atoms with Crippen LogP contribution in [0.2, 0.25) is 0 Å². The van der Waals surface area contributed by atoms with Gasteiger partial charge < -0.3 is 14.9 Å². The van der Waals surface area contributed by atoms with Crippen LogP contribution in [0, 0.1) is 0 Å². The molecule has 0 saturated carbocycles. The fourth-order valence-corrected chi connectivity index (χ4v) is 0.758. The fourth-order valence-electron chi connectivity index (χ4n) is 0.758. The Balaban J connectivity index is 3.10. The first-order chi connectivity index (χ1) is 5.29. The molecule has 4 heteroatoms. The summed E-state index contributed by atoms with van der Waals surface area (Å²) in [6, 6.07) is 1.52. The Bertz CT molecular complexity index is 227. The maximum Gasteiger partial charge on any atom is 0.182 e. The number of methoxy groups -OCH3 is 1. The van der Waals surface area contributed by atoms with E-state index in [0.717, 1.165) is 0 Å². The van der Waals surface area contributed by atoms with Gasteiger partial charge in [-0.3, -0.25) is 4.98 Å². The molecule has 0 bridgehead atoms. The highest BCUT2D eigenvalue weighted by Crippen LogP contribution is 2.26. The number of rotatable bonds is 2. The minimum Gasteiger partial charge on any atom is -0.503 e. The van der Waals surface area contributed by atoms with Crippen molar-refractivity contribution in [3.05, 3.63) is 18.0 Å². The molecule has 0 radical (unpaired) electrons. The third-order valence-electron chi connectivity index (χ3n) is 1.33. The molecule has 4 nitrogen and oxygen atoms in total. The molecule has 11 heavy (non-hydrogen) atoms. The van der Waals surface area contributed by atoms with Crippen molar-refractivity contribution in [2.45, 2.75) is 6.61 Å². The van der Waals surface area contributed by atoms with Crippen LogP contribution in [0.5, 0.6) is 11.5 Å². The van der Waals surface area contributed by atoms with Crippen molar-refractivity contribution in [3.63, 3.8) is 0 Å². The van der Waals surface area contributed by atoms with Gasteiger partial charge in [0.05, 0.1) is 13.7 Å². The smallest absolute Gasteiger partial charge is 0.182 e. The number of nitrogens with zero attached hydrogens (tertiary/aromatic N) is 1. The lowest BCUT2D eigenvalue weighted by atomic mass is 10.3. The van der Waals surface area contributed by atoms with Gasteiger partial charge in [-0.1, -0.05) is 0 Å². The standard InChI is InChI=1S/C7H9NO3/c1-11-6-2-3-8-5(4-9)7(6)10/h2-3,9-10H,4H2,1H3. The average Bonchev–Trinajstić information content (AvgIpc) is 2.05. The molecule has 0 aromatic carbocycles. The van der Waals surface area contributed by atoms with Gasteiger partial charge in [0.2, 0.25) is 0 Å². The van der Waals surface area contributed by atoms with E-state index in [2.05, 4.69) is 4.98 Å². The van der Waals surface area contributed by atoms with Crippen LogP contribution in [0.15, 0.2) is 12.3 Å². The predicted molar refractivity (Wildman–Crippen MR) is 38.4 cm³/mol. The molecule has 0 spiro atoms. The van der Waals surface area contributed by atoms with Crippen LogP contribution in [0.3, 0.4) is 0 Å². The van der Waals surface area contributed by atoms with Gasteiger partial charge in [-0.05, 0) is 0 Å². The summed E-state index contributed by atoms with van der Waals surface area (Å²) >= 11 is 0. The van der Waals surface area contributed by atoms with E-state index in [0.29, 0.717) is 5.75 Å². The average molecular weight is 155 g/mol. The molecular formula is C7H9NO3. The van der Waals surface area contributed by atoms with E-state index in [-0.39, 0.29) is 18.1 Å². The summed E-state index contributed by atoms with van der Waals surface area (Å²) in [5, 5.41) is 17.9. The largest absolute Gasteiger partial charge is 0.503 e. The molecule has 0 aliphatic heterocycles. The summed E-state index contributed by atoms with van der Waals surface area (Å²) in [7, 11) is 1.44. The summed E-state index contributed by atoms with van der Waals surface area (Å²) < 4.78 is 4.79. The topological polar surface area (TPSA) is 62.6 Å². The molecule has 0 atom stereocenters. The van der Waals surface area contributed by atoms with E-state index in [1.54, 1.807) is 0 Å². The Morgan fingerprint density at radius 1 is 1.64 bits per heavy atom. The van der Waals surface area contributed by atoms with Crippen LogP contribution in [0.4, 0.5) is 0 Å². The highest BCUT2D eigenvalue weighted by molar-refractivity contribution is 5.40. The molecular weight excluding hydrogens is 146 g/mol. The van der Waals surface area contributed by atoms with E-state index in [1.807, 2.05) is 0 Å². The SMILES string of the molecule is COc1ccnc(CO)c1O. The second-order valence-electron chi connectivity index (χ2n) is 1.97. The number of hydrogen-bond acceptors (Lipinski definition) is 4. The van der Waals surface area contributed by atoms with Crippen LogP contribution in [0.25, 0.3) is 0 Å². The molecule has 0 amide bonds. The summed E-state index contributed by atoms with van der Waals surface area (Å²) in [4.78, 5) is 3.73. The number of ether oxygens (including phenoxy) is 1. The van der Waals surface area contributed by atoms with Crippen molar-refractivity contribution in [1.29, 1.82) is 0 Å². The van der Waals surface area contributed by atoms with Crippen LogP contribution < -0.4 is 4.74 Å². The van der Waals surface area contributed by atoms with Gasteiger partial charge in [-0.2, -0.15) is 0 Å². The van der Waals surface area contributed by atoms with E-state index >= 15 is 0 Å². The van der Waals surface area contributed by atoms with Crippen LogP contribution in [0.1, 0.15) is 5.69 Å². The Hall–Kier alpha value is -1.29. The lowest BCUT2D eigenvalue weighted by molar-refractivity contribution is 0.266. The van der Waals surface area contributed by atoms with Crippen molar-refractivity contribution in [2.24, 2.45) is 0 Å². The Labute approximate surface area is 64.1 Å². The van der Waals surface area contributed by atoms with Crippen molar-refractivity contribution in [1.82, 2.24) is 4.98 Å². The van der Waals surface area contributed by atoms with Gasteiger partial charge >= 0.3 is 0 Å². The Morgan fingerprint density at radius 2 is 2.36 bits per heavy atom. The van der Waals surface area contributed by atoms with Crippen molar-refractivity contribution in [3.8, 4) is 11.5 Å². The molecule has 1 rings (SSSR count). The molecule has 0 unspecified atom stereocenters. The van der Waals surface area contributed by atoms with Gasteiger partial charge in [-0.25, -0.2) is 0 Å². The van der Waals surface area contributed by atoms with E-state index in [4.69, 9.17) is 9.84 Å². The minimum atomic E-state index is -0.289. The third-order valence-corrected chi connectivity index (χ3v) is 1.33. The number of aliphatic hydroxyl groups is 1. The Morgan fingerprint density at radius 3 is 2.91 bits per heavy atom. The zero-order chi connectivity index (χ0) is 8.27. The lowest BCUT2D eigenvalue weighted by Gasteiger charge is -2.04. The number of aromatic nitrogens is 1. The maximum atomic E-state index is 9.24. The van der Waals surface area contributed by atoms with E-state index < -0.39 is 0 Å². The van der Waals surface area contributed by atoms with Gasteiger partial charge in [0.1, 0.15) is 5.69 Å². The number of aromatic hydroxyl groups is 1. The van der Waals surface area contributed by atoms with Crippen LogP contribution in [-0.2, 0) is 6.61 Å². The second-order valence-corrected chi connectivity index (χ2v) is 1.97. The molecule has 0 saturated heterocycles. The van der Waals surface area contributed by atoms with Crippen molar-refractivity contribution >= 4 is 0 Å². The second kappa shape index (κ2) is 3.21. The molecule has 1 aromatic heterocycles. The van der Waals surface area contributed by atoms with Crippen LogP contribution >= 0.6 is 0 Å². The van der Waals surface area contributed by atoms with Gasteiger partial charge in [-0.15, -0.1) is 0 Å². The third kappa shape index (κ3) is 1.40. The molecule has 1 heterocycles. The number of aliphatic hydroxyl groups excluding tert-OH is 1. The van der Waals surface area contributed by atoms with E-state index in [1.165, 1.54) is 19.4 Å². The molecule has 0 aliphatic rings. The molecule has 2 N–H and O–H groups in total. The van der Waals surface area contributed by atoms with Gasteiger partial charge in [0, 0.05) is 12.3 Å². The van der Waals surface area contributed by atoms with Crippen LogP contribution in [-0.4, -0.2) is 22.3 Å². The predicted octanol–water partition coefficient (Wildman–Crippen LogP) is 0.288. The minimum absolute atomic E-state index is 0.0995. The number of pyridine rings is 1. The van der Waals surface area contributed by atoms with Gasteiger partial charge in [0.15, 0.2) is 11.5 Å². The Kier molecular flexibility index (Phi) is 2.28. The molecule has 0 fully saturated rings. The van der Waals surface area contributed by atoms with Crippen molar-refractivity contribution in [2.75, 3.05) is 7.11 Å². The normalized spacial score (nSPS) is 9.64. The first kappa shape index (κ1) is 7.81. The van der Waals surface area contributed by atoms with Gasteiger partial charge in [0.25, 0.3) is 0 Å². The molecule has 0 aliphatic carbocycles. The highest BCUT2D eigenvalue weighted by Gasteiger charge is 2.06. The van der Waals surface area contributed by atoms with Crippen molar-refractivity contribution < 1.29 is 14.9 Å². The first-order valence-corrected chi connectivity index (χ1v) is 3.11. The summed E-state index contributed by atoms with van der Waals surface area (Å²) in [6.07, 6.45) is 1.46. The summed E-state index contributed by atoms with van der Waals surface area (Å²) in [5.74, 6) is 0.224. The zero-order valence-corrected chi connectivity index (χ0v) is 6.11. The highest BCUT2D eigenvalue weighted by atomic mass is 16.5. The van der Waals surface area contributed by atoms with E-state index in [9.17, 15) is 5.11 Å².